The summed E-state index contributed by atoms with van der Waals surface area (Å²) in [4.78, 5) is 19.7. The summed E-state index contributed by atoms with van der Waals surface area (Å²) in [6, 6.07) is 1.11. The first-order valence-corrected chi connectivity index (χ1v) is 4.86. The zero-order chi connectivity index (χ0) is 14.6. The molecule has 1 rings (SSSR count). The molecule has 102 valence electrons. The van der Waals surface area contributed by atoms with Crippen LogP contribution in [0.2, 0.25) is 0 Å². The van der Waals surface area contributed by atoms with Crippen LogP contribution in [0.25, 0.3) is 6.08 Å². The molecule has 0 spiro atoms. The third kappa shape index (κ3) is 2.89. The second kappa shape index (κ2) is 5.67. The zero-order valence-corrected chi connectivity index (χ0v) is 10.0. The highest BCUT2D eigenvalue weighted by molar-refractivity contribution is 5.73. The molecule has 0 saturated heterocycles. The predicted octanol–water partition coefficient (Wildman–Crippen LogP) is 1.56. The lowest BCUT2D eigenvalue weighted by molar-refractivity contribution is -0.401. The molecule has 0 atom stereocenters. The van der Waals surface area contributed by atoms with E-state index in [-0.39, 0.29) is 11.3 Å². The number of nitro benzene ring substituents is 1. The van der Waals surface area contributed by atoms with E-state index in [0.29, 0.717) is 6.20 Å². The summed E-state index contributed by atoms with van der Waals surface area (Å²) < 4.78 is 9.57. The molecule has 0 aliphatic carbocycles. The Labute approximate surface area is 107 Å². The standard InChI is InChI=1S/C10H10N2O7/c1-18-7-5-6(3-4-11(14)15)8(12(16)17)10(19-2)9(7)13/h3-5,13H,1-2H3/b4-3+. The van der Waals surface area contributed by atoms with Crippen LogP contribution in [-0.2, 0) is 0 Å². The van der Waals surface area contributed by atoms with Gasteiger partial charge in [-0.05, 0) is 6.07 Å². The average molecular weight is 270 g/mol. The fourth-order valence-corrected chi connectivity index (χ4v) is 1.44. The number of nitro groups is 2. The number of hydrogen-bond acceptors (Lipinski definition) is 7. The molecule has 0 aliphatic rings. The first-order chi connectivity index (χ1) is 8.92. The van der Waals surface area contributed by atoms with Gasteiger partial charge in [-0.3, -0.25) is 20.2 Å². The number of ether oxygens (including phenoxy) is 2. The highest BCUT2D eigenvalue weighted by Gasteiger charge is 2.27. The molecule has 1 aromatic carbocycles. The lowest BCUT2D eigenvalue weighted by Gasteiger charge is -2.10. The van der Waals surface area contributed by atoms with E-state index in [4.69, 9.17) is 9.47 Å². The lowest BCUT2D eigenvalue weighted by atomic mass is 10.1. The van der Waals surface area contributed by atoms with Gasteiger partial charge in [-0.25, -0.2) is 0 Å². The number of phenolic OH excluding ortho intramolecular Hbond substituents is 1. The molecule has 0 heterocycles. The largest absolute Gasteiger partial charge is 0.502 e. The lowest BCUT2D eigenvalue weighted by Crippen LogP contribution is -1.99. The average Bonchev–Trinajstić information content (AvgIpc) is 2.35. The van der Waals surface area contributed by atoms with Crippen molar-refractivity contribution in [3.63, 3.8) is 0 Å². The van der Waals surface area contributed by atoms with Gasteiger partial charge in [0.2, 0.25) is 17.7 Å². The summed E-state index contributed by atoms with van der Waals surface area (Å²) in [6.07, 6.45) is 1.46. The van der Waals surface area contributed by atoms with Crippen LogP contribution in [0.15, 0.2) is 12.3 Å². The first-order valence-electron chi connectivity index (χ1n) is 4.86. The molecule has 0 aliphatic heterocycles. The minimum Gasteiger partial charge on any atom is -0.502 e. The van der Waals surface area contributed by atoms with E-state index in [1.54, 1.807) is 0 Å². The van der Waals surface area contributed by atoms with Crippen molar-refractivity contribution in [1.82, 2.24) is 0 Å². The maximum Gasteiger partial charge on any atom is 0.322 e. The van der Waals surface area contributed by atoms with Crippen LogP contribution in [-0.4, -0.2) is 29.2 Å². The molecule has 0 radical (unpaired) electrons. The fraction of sp³-hybridized carbons (Fsp3) is 0.200. The zero-order valence-electron chi connectivity index (χ0n) is 10.0. The first kappa shape index (κ1) is 14.2. The predicted molar refractivity (Wildman–Crippen MR) is 63.9 cm³/mol. The summed E-state index contributed by atoms with van der Waals surface area (Å²) in [7, 11) is 2.36. The second-order valence-corrected chi connectivity index (χ2v) is 3.26. The van der Waals surface area contributed by atoms with E-state index in [0.717, 1.165) is 19.3 Å². The van der Waals surface area contributed by atoms with Gasteiger partial charge in [-0.15, -0.1) is 0 Å². The molecule has 9 heteroatoms. The molecule has 0 saturated carbocycles. The van der Waals surface area contributed by atoms with Gasteiger partial charge in [-0.1, -0.05) is 0 Å². The van der Waals surface area contributed by atoms with E-state index < -0.39 is 27.0 Å². The summed E-state index contributed by atoms with van der Waals surface area (Å²) in [5, 5.41) is 30.9. The van der Waals surface area contributed by atoms with Crippen molar-refractivity contribution in [3.05, 3.63) is 38.1 Å². The third-order valence-electron chi connectivity index (χ3n) is 2.21. The van der Waals surface area contributed by atoms with Crippen molar-refractivity contribution in [2.75, 3.05) is 14.2 Å². The molecule has 0 amide bonds. The fourth-order valence-electron chi connectivity index (χ4n) is 1.44. The van der Waals surface area contributed by atoms with Crippen LogP contribution < -0.4 is 9.47 Å². The summed E-state index contributed by atoms with van der Waals surface area (Å²) in [5.74, 6) is -1.06. The Morgan fingerprint density at radius 3 is 2.32 bits per heavy atom. The Morgan fingerprint density at radius 1 is 1.26 bits per heavy atom. The molecule has 0 fully saturated rings. The molecule has 0 unspecified atom stereocenters. The SMILES string of the molecule is COc1cc(/C=C/[N+](=O)[O-])c([N+](=O)[O-])c(OC)c1O. The highest BCUT2D eigenvalue weighted by atomic mass is 16.6. The number of aromatic hydroxyl groups is 1. The van der Waals surface area contributed by atoms with Gasteiger partial charge in [-0.2, -0.15) is 0 Å². The molecule has 0 bridgehead atoms. The maximum atomic E-state index is 11.0. The Kier molecular flexibility index (Phi) is 4.24. The monoisotopic (exact) mass is 270 g/mol. The molecular formula is C10H10N2O7. The summed E-state index contributed by atoms with van der Waals surface area (Å²) >= 11 is 0. The van der Waals surface area contributed by atoms with E-state index in [2.05, 4.69) is 0 Å². The quantitative estimate of drug-likeness (QED) is 0.635. The summed E-state index contributed by atoms with van der Waals surface area (Å²) in [5.41, 5.74) is -0.702. The van der Waals surface area contributed by atoms with Crippen LogP contribution in [0.1, 0.15) is 5.56 Å². The number of phenols is 1. The third-order valence-corrected chi connectivity index (χ3v) is 2.21. The normalized spacial score (nSPS) is 10.4. The van der Waals surface area contributed by atoms with Crippen molar-refractivity contribution in [3.8, 4) is 17.2 Å². The molecule has 1 aromatic rings. The van der Waals surface area contributed by atoms with E-state index >= 15 is 0 Å². The Balaban J connectivity index is 3.59. The molecule has 19 heavy (non-hydrogen) atoms. The van der Waals surface area contributed by atoms with Crippen molar-refractivity contribution < 1.29 is 24.4 Å². The molecular weight excluding hydrogens is 260 g/mol. The molecule has 0 aromatic heterocycles. The smallest absolute Gasteiger partial charge is 0.322 e. The van der Waals surface area contributed by atoms with Gasteiger partial charge in [0.15, 0.2) is 5.75 Å². The van der Waals surface area contributed by atoms with Gasteiger partial charge in [0.25, 0.3) is 0 Å². The van der Waals surface area contributed by atoms with Crippen LogP contribution in [0.5, 0.6) is 17.2 Å². The number of nitrogens with zero attached hydrogens (tertiary/aromatic N) is 2. The van der Waals surface area contributed by atoms with Gasteiger partial charge < -0.3 is 14.6 Å². The highest BCUT2D eigenvalue weighted by Crippen LogP contribution is 2.45. The number of hydrogen-bond donors (Lipinski definition) is 1. The Bertz CT molecular complexity index is 553. The Hall–Kier alpha value is -2.84. The second-order valence-electron chi connectivity index (χ2n) is 3.26. The van der Waals surface area contributed by atoms with Gasteiger partial charge in [0.1, 0.15) is 0 Å². The summed E-state index contributed by atoms with van der Waals surface area (Å²) in [6.45, 7) is 0. The van der Waals surface area contributed by atoms with Crippen LogP contribution in [0.4, 0.5) is 5.69 Å². The van der Waals surface area contributed by atoms with Crippen LogP contribution >= 0.6 is 0 Å². The minimum absolute atomic E-state index is 0.0922. The van der Waals surface area contributed by atoms with Crippen LogP contribution in [0.3, 0.4) is 0 Å². The van der Waals surface area contributed by atoms with Crippen molar-refractivity contribution >= 4 is 11.8 Å². The van der Waals surface area contributed by atoms with Crippen LogP contribution in [0, 0.1) is 20.2 Å². The van der Waals surface area contributed by atoms with Crippen molar-refractivity contribution in [2.45, 2.75) is 0 Å². The number of methoxy groups -OCH3 is 2. The van der Waals surface area contributed by atoms with Gasteiger partial charge >= 0.3 is 5.69 Å². The Morgan fingerprint density at radius 2 is 1.89 bits per heavy atom. The van der Waals surface area contributed by atoms with Gasteiger partial charge in [0.05, 0.1) is 29.6 Å². The van der Waals surface area contributed by atoms with E-state index in [1.165, 1.54) is 7.11 Å². The topological polar surface area (TPSA) is 125 Å². The number of benzene rings is 1. The molecule has 1 N–H and O–H groups in total. The van der Waals surface area contributed by atoms with Gasteiger partial charge in [0, 0.05) is 6.08 Å². The van der Waals surface area contributed by atoms with Crippen molar-refractivity contribution in [2.24, 2.45) is 0 Å². The minimum atomic E-state index is -0.808. The number of rotatable bonds is 5. The van der Waals surface area contributed by atoms with E-state index in [1.807, 2.05) is 0 Å². The maximum absolute atomic E-state index is 11.0. The van der Waals surface area contributed by atoms with Crippen molar-refractivity contribution in [1.29, 1.82) is 0 Å². The molecule has 9 nitrogen and oxygen atoms in total. The van der Waals surface area contributed by atoms with E-state index in [9.17, 15) is 25.3 Å².